The largest absolute Gasteiger partial charge is 0.503 e. The van der Waals surface area contributed by atoms with E-state index in [-0.39, 0.29) is 11.3 Å². The number of aromatic nitrogens is 1. The van der Waals surface area contributed by atoms with Gasteiger partial charge in [-0.15, -0.1) is 0 Å². The fourth-order valence-corrected chi connectivity index (χ4v) is 6.36. The minimum Gasteiger partial charge on any atom is -0.503 e. The number of ether oxygens (including phenoxy) is 2. The van der Waals surface area contributed by atoms with Crippen molar-refractivity contribution < 1.29 is 28.6 Å². The van der Waals surface area contributed by atoms with Gasteiger partial charge in [0.1, 0.15) is 5.75 Å². The van der Waals surface area contributed by atoms with Gasteiger partial charge in [-0.1, -0.05) is 41.7 Å². The highest BCUT2D eigenvalue weighted by Crippen LogP contribution is 2.45. The predicted molar refractivity (Wildman–Crippen MR) is 154 cm³/mol. The zero-order chi connectivity index (χ0) is 28.1. The summed E-state index contributed by atoms with van der Waals surface area (Å²) >= 11 is 1.33. The molecular formula is C31H26N2O6S. The van der Waals surface area contributed by atoms with Crippen LogP contribution in [0.25, 0.3) is 21.2 Å². The van der Waals surface area contributed by atoms with Crippen molar-refractivity contribution >= 4 is 49.3 Å². The number of benzene rings is 3. The Bertz CT molecular complexity index is 1850. The Morgan fingerprint density at radius 1 is 1.12 bits per heavy atom. The minimum atomic E-state index is -0.961. The van der Waals surface area contributed by atoms with Crippen LogP contribution in [-0.2, 0) is 4.79 Å². The average molecular weight is 555 g/mol. The first-order chi connectivity index (χ1) is 19.3. The van der Waals surface area contributed by atoms with Crippen LogP contribution in [-0.4, -0.2) is 35.5 Å². The highest BCUT2D eigenvalue weighted by molar-refractivity contribution is 7.22. The van der Waals surface area contributed by atoms with E-state index in [4.69, 9.17) is 18.9 Å². The summed E-state index contributed by atoms with van der Waals surface area (Å²) in [5.74, 6) is -0.924. The summed E-state index contributed by atoms with van der Waals surface area (Å²) in [5, 5.41) is 12.3. The van der Waals surface area contributed by atoms with Crippen LogP contribution in [0, 0.1) is 13.8 Å². The number of hydrogen-bond acceptors (Lipinski definition) is 8. The van der Waals surface area contributed by atoms with Crippen LogP contribution in [0.3, 0.4) is 0 Å². The number of nitrogens with zero attached hydrogens (tertiary/aromatic N) is 2. The van der Waals surface area contributed by atoms with Gasteiger partial charge in [-0.05, 0) is 67.8 Å². The first kappa shape index (κ1) is 25.6. The number of carbonyl (C=O) groups is 2. The van der Waals surface area contributed by atoms with Crippen molar-refractivity contribution in [2.45, 2.75) is 26.8 Å². The molecule has 1 aliphatic rings. The molecule has 2 aromatic heterocycles. The van der Waals surface area contributed by atoms with E-state index in [1.54, 1.807) is 48.5 Å². The lowest BCUT2D eigenvalue weighted by Gasteiger charge is -2.24. The summed E-state index contributed by atoms with van der Waals surface area (Å²) in [7, 11) is 1.52. The van der Waals surface area contributed by atoms with Gasteiger partial charge in [0.25, 0.3) is 5.91 Å². The average Bonchev–Trinajstić information content (AvgIpc) is 3.63. The maximum absolute atomic E-state index is 14.0. The number of aliphatic hydroxyl groups excluding tert-OH is 1. The summed E-state index contributed by atoms with van der Waals surface area (Å²) in [6, 6.07) is 17.1. The molecule has 8 nitrogen and oxygen atoms in total. The number of anilines is 1. The number of rotatable bonds is 7. The molecule has 0 spiro atoms. The van der Waals surface area contributed by atoms with Crippen LogP contribution in [0.1, 0.15) is 40.2 Å². The molecular weight excluding hydrogens is 528 g/mol. The van der Waals surface area contributed by atoms with Gasteiger partial charge in [-0.3, -0.25) is 14.5 Å². The maximum atomic E-state index is 14.0. The lowest BCUT2D eigenvalue weighted by molar-refractivity contribution is -0.117. The number of furan rings is 1. The van der Waals surface area contributed by atoms with Crippen LogP contribution in [0.15, 0.2) is 76.4 Å². The number of methoxy groups -OCH3 is 1. The summed E-state index contributed by atoms with van der Waals surface area (Å²) in [5.41, 5.74) is 3.72. The number of Topliss-reactive ketones (excluding diaryl/α,β-unsaturated/α-hetero) is 1. The number of amides is 1. The van der Waals surface area contributed by atoms with Crippen LogP contribution in [0.4, 0.5) is 5.13 Å². The monoisotopic (exact) mass is 554 g/mol. The highest BCUT2D eigenvalue weighted by Gasteiger charge is 2.46. The second-order valence-electron chi connectivity index (χ2n) is 9.59. The van der Waals surface area contributed by atoms with E-state index >= 15 is 0 Å². The van der Waals surface area contributed by atoms with Crippen molar-refractivity contribution in [2.24, 2.45) is 0 Å². The molecule has 0 saturated heterocycles. The Balaban J connectivity index is 1.52. The molecule has 1 amide bonds. The summed E-state index contributed by atoms with van der Waals surface area (Å²) in [6.45, 7) is 6.29. The molecule has 9 heteroatoms. The third-order valence-electron chi connectivity index (χ3n) is 6.91. The van der Waals surface area contributed by atoms with Gasteiger partial charge in [-0.2, -0.15) is 0 Å². The molecule has 0 radical (unpaired) electrons. The molecule has 1 aliphatic heterocycles. The van der Waals surface area contributed by atoms with Gasteiger partial charge in [0.15, 0.2) is 28.0 Å². The third kappa shape index (κ3) is 4.10. The number of fused-ring (bicyclic) bond motifs is 2. The van der Waals surface area contributed by atoms with Crippen molar-refractivity contribution in [1.82, 2.24) is 4.98 Å². The Morgan fingerprint density at radius 2 is 1.93 bits per heavy atom. The molecule has 1 atom stereocenters. The van der Waals surface area contributed by atoms with Gasteiger partial charge in [0.2, 0.25) is 5.78 Å². The number of thiazole rings is 1. The van der Waals surface area contributed by atoms with E-state index in [0.29, 0.717) is 39.8 Å². The molecule has 5 aromatic rings. The standard InChI is InChI=1S/C31H26N2O6S/c1-5-38-20-10-6-8-18(14-20)26-24(27(34)22-15-19-9-7-11-21(37-4)29(19)39-22)28(35)30(36)33(26)31-32-25-17(3)12-16(2)13-23(25)40-31/h6-15,26,35H,5H2,1-4H3. The van der Waals surface area contributed by atoms with Gasteiger partial charge >= 0.3 is 0 Å². The molecule has 3 aromatic carbocycles. The molecule has 6 rings (SSSR count). The Hall–Kier alpha value is -4.63. The lowest BCUT2D eigenvalue weighted by atomic mass is 9.95. The van der Waals surface area contributed by atoms with E-state index < -0.39 is 23.5 Å². The van der Waals surface area contributed by atoms with Crippen molar-refractivity contribution in [3.05, 3.63) is 94.4 Å². The number of ketones is 1. The number of hydrogen-bond donors (Lipinski definition) is 1. The zero-order valence-electron chi connectivity index (χ0n) is 22.3. The van der Waals surface area contributed by atoms with E-state index in [1.807, 2.05) is 32.9 Å². The molecule has 0 saturated carbocycles. The predicted octanol–water partition coefficient (Wildman–Crippen LogP) is 6.85. The van der Waals surface area contributed by atoms with Gasteiger partial charge < -0.3 is 19.0 Å². The van der Waals surface area contributed by atoms with Crippen LogP contribution in [0.2, 0.25) is 0 Å². The minimum absolute atomic E-state index is 0.0163. The van der Waals surface area contributed by atoms with Crippen molar-refractivity contribution in [1.29, 1.82) is 0 Å². The van der Waals surface area contributed by atoms with Gasteiger partial charge in [0, 0.05) is 5.39 Å². The Labute approximate surface area is 234 Å². The smallest absolute Gasteiger partial charge is 0.296 e. The summed E-state index contributed by atoms with van der Waals surface area (Å²) < 4.78 is 17.9. The van der Waals surface area contributed by atoms with Crippen LogP contribution >= 0.6 is 11.3 Å². The molecule has 202 valence electrons. The molecule has 1 N–H and O–H groups in total. The van der Waals surface area contributed by atoms with E-state index in [9.17, 15) is 14.7 Å². The van der Waals surface area contributed by atoms with Crippen molar-refractivity contribution in [3.8, 4) is 11.5 Å². The topological polar surface area (TPSA) is 102 Å². The van der Waals surface area contributed by atoms with Crippen molar-refractivity contribution in [3.63, 3.8) is 0 Å². The van der Waals surface area contributed by atoms with Crippen LogP contribution < -0.4 is 14.4 Å². The zero-order valence-corrected chi connectivity index (χ0v) is 23.2. The molecule has 3 heterocycles. The fourth-order valence-electron chi connectivity index (χ4n) is 5.19. The SMILES string of the molecule is CCOc1cccc(C2C(C(=O)c3cc4cccc(OC)c4o3)=C(O)C(=O)N2c2nc3c(C)cc(C)cc3s2)c1. The third-order valence-corrected chi connectivity index (χ3v) is 7.92. The maximum Gasteiger partial charge on any atom is 0.296 e. The van der Waals surface area contributed by atoms with E-state index in [1.165, 1.54) is 23.3 Å². The molecule has 40 heavy (non-hydrogen) atoms. The first-order valence-electron chi connectivity index (χ1n) is 12.8. The fraction of sp³-hybridized carbons (Fsp3) is 0.194. The molecule has 0 bridgehead atoms. The van der Waals surface area contributed by atoms with Gasteiger partial charge in [0.05, 0.1) is 35.5 Å². The summed E-state index contributed by atoms with van der Waals surface area (Å²) in [4.78, 5) is 33.9. The quantitative estimate of drug-likeness (QED) is 0.220. The van der Waals surface area contributed by atoms with Crippen LogP contribution in [0.5, 0.6) is 11.5 Å². The molecule has 1 unspecified atom stereocenters. The number of aliphatic hydroxyl groups is 1. The number of carbonyl (C=O) groups excluding carboxylic acids is 2. The Morgan fingerprint density at radius 3 is 2.70 bits per heavy atom. The molecule has 0 fully saturated rings. The summed E-state index contributed by atoms with van der Waals surface area (Å²) in [6.07, 6.45) is 0. The normalized spacial score (nSPS) is 15.4. The highest BCUT2D eigenvalue weighted by atomic mass is 32.1. The van der Waals surface area contributed by atoms with Crippen molar-refractivity contribution in [2.75, 3.05) is 18.6 Å². The number of aryl methyl sites for hydroxylation is 2. The Kier molecular flexibility index (Phi) is 6.31. The number of para-hydroxylation sites is 1. The van der Waals surface area contributed by atoms with Gasteiger partial charge in [-0.25, -0.2) is 4.98 Å². The molecule has 0 aliphatic carbocycles. The first-order valence-corrected chi connectivity index (χ1v) is 13.6. The van der Waals surface area contributed by atoms with E-state index in [2.05, 4.69) is 0 Å². The van der Waals surface area contributed by atoms with E-state index in [0.717, 1.165) is 21.3 Å². The second kappa shape index (κ2) is 9.84. The second-order valence-corrected chi connectivity index (χ2v) is 10.6. The lowest BCUT2D eigenvalue weighted by Crippen LogP contribution is -2.31.